The summed E-state index contributed by atoms with van der Waals surface area (Å²) in [6, 6.07) is 7.75. The number of alkyl halides is 1. The molecule has 0 N–H and O–H groups in total. The van der Waals surface area contributed by atoms with Crippen LogP contribution in [-0.2, 0) is 0 Å². The highest BCUT2D eigenvalue weighted by molar-refractivity contribution is 6.33. The Kier molecular flexibility index (Phi) is 3.90. The third-order valence-corrected chi connectivity index (χ3v) is 3.06. The molecule has 1 unspecified atom stereocenters. The van der Waals surface area contributed by atoms with E-state index in [1.54, 1.807) is 6.08 Å². The molecule has 0 aliphatic heterocycles. The summed E-state index contributed by atoms with van der Waals surface area (Å²) in [7, 11) is 0.916. The summed E-state index contributed by atoms with van der Waals surface area (Å²) in [6.45, 7) is 3.59. The summed E-state index contributed by atoms with van der Waals surface area (Å²) < 4.78 is 13.6. The molecule has 0 amide bonds. The molecule has 70 valence electrons. The van der Waals surface area contributed by atoms with Gasteiger partial charge in [0.1, 0.15) is 6.17 Å². The number of rotatable bonds is 4. The predicted octanol–water partition coefficient (Wildman–Crippen LogP) is 1.65. The summed E-state index contributed by atoms with van der Waals surface area (Å²) in [6.07, 6.45) is 2.26. The van der Waals surface area contributed by atoms with Crippen LogP contribution in [0.5, 0.6) is 0 Å². The molecule has 0 bridgehead atoms. The normalized spacial score (nSPS) is 12.7. The molecule has 0 fully saturated rings. The van der Waals surface area contributed by atoms with Crippen molar-refractivity contribution in [2.24, 2.45) is 0 Å². The van der Waals surface area contributed by atoms with E-state index in [4.69, 9.17) is 0 Å². The topological polar surface area (TPSA) is 0 Å². The van der Waals surface area contributed by atoms with E-state index in [1.165, 1.54) is 5.19 Å². The van der Waals surface area contributed by atoms with Gasteiger partial charge in [-0.2, -0.15) is 0 Å². The van der Waals surface area contributed by atoms with Gasteiger partial charge in [0.05, 0.1) is 0 Å². The standard InChI is InChI=1S/C11H15FSi/c1-2-3-7-10(12)9-6-4-5-8-11(9)13/h2,4-6,8,10H,1,3,7H2,13H3. The molecule has 0 saturated heterocycles. The lowest BCUT2D eigenvalue weighted by atomic mass is 10.1. The fourth-order valence-corrected chi connectivity index (χ4v) is 2.03. The first-order valence-electron chi connectivity index (χ1n) is 4.56. The summed E-state index contributed by atoms with van der Waals surface area (Å²) >= 11 is 0. The highest BCUT2D eigenvalue weighted by Crippen LogP contribution is 2.20. The zero-order valence-electron chi connectivity index (χ0n) is 7.96. The second-order valence-electron chi connectivity index (χ2n) is 3.19. The fraction of sp³-hybridized carbons (Fsp3) is 0.273. The lowest BCUT2D eigenvalue weighted by Crippen LogP contribution is -2.11. The van der Waals surface area contributed by atoms with Crippen LogP contribution in [0, 0.1) is 0 Å². The van der Waals surface area contributed by atoms with E-state index in [0.717, 1.165) is 22.2 Å². The van der Waals surface area contributed by atoms with Gasteiger partial charge in [0.15, 0.2) is 0 Å². The smallest absolute Gasteiger partial charge is 0.125 e. The monoisotopic (exact) mass is 194 g/mol. The van der Waals surface area contributed by atoms with Crippen LogP contribution >= 0.6 is 0 Å². The molecule has 13 heavy (non-hydrogen) atoms. The maximum Gasteiger partial charge on any atom is 0.125 e. The number of hydrogen-bond acceptors (Lipinski definition) is 0. The Morgan fingerprint density at radius 3 is 2.77 bits per heavy atom. The van der Waals surface area contributed by atoms with Gasteiger partial charge >= 0.3 is 0 Å². The predicted molar refractivity (Wildman–Crippen MR) is 59.3 cm³/mol. The number of benzene rings is 1. The van der Waals surface area contributed by atoms with Crippen LogP contribution in [0.4, 0.5) is 4.39 Å². The summed E-state index contributed by atoms with van der Waals surface area (Å²) in [4.78, 5) is 0. The SMILES string of the molecule is C=CCCC(F)c1ccccc1[SiH3]. The van der Waals surface area contributed by atoms with Gasteiger partial charge in [-0.15, -0.1) is 6.58 Å². The van der Waals surface area contributed by atoms with Crippen molar-refractivity contribution in [1.82, 2.24) is 0 Å². The van der Waals surface area contributed by atoms with E-state index in [9.17, 15) is 4.39 Å². The largest absolute Gasteiger partial charge is 0.242 e. The number of halogens is 1. The van der Waals surface area contributed by atoms with E-state index in [1.807, 2.05) is 24.3 Å². The van der Waals surface area contributed by atoms with Gasteiger partial charge in [0.2, 0.25) is 0 Å². The van der Waals surface area contributed by atoms with Crippen LogP contribution in [0.2, 0.25) is 0 Å². The Bertz CT molecular complexity index is 283. The zero-order valence-corrected chi connectivity index (χ0v) is 9.96. The zero-order chi connectivity index (χ0) is 9.68. The Morgan fingerprint density at radius 2 is 2.15 bits per heavy atom. The summed E-state index contributed by atoms with van der Waals surface area (Å²) in [5.41, 5.74) is 0.871. The minimum atomic E-state index is -0.813. The third-order valence-electron chi connectivity index (χ3n) is 2.15. The molecule has 1 aromatic rings. The number of allylic oxidation sites excluding steroid dienone is 1. The third kappa shape index (κ3) is 2.81. The Morgan fingerprint density at radius 1 is 1.46 bits per heavy atom. The molecule has 0 spiro atoms. The fourth-order valence-electron chi connectivity index (χ4n) is 1.36. The number of hydrogen-bond donors (Lipinski definition) is 0. The molecule has 1 aromatic carbocycles. The van der Waals surface area contributed by atoms with Crippen molar-refractivity contribution < 1.29 is 4.39 Å². The molecule has 0 aliphatic carbocycles. The van der Waals surface area contributed by atoms with Crippen molar-refractivity contribution in [3.63, 3.8) is 0 Å². The lowest BCUT2D eigenvalue weighted by molar-refractivity contribution is 0.327. The van der Waals surface area contributed by atoms with Gasteiger partial charge in [-0.3, -0.25) is 0 Å². The Balaban J connectivity index is 2.70. The molecule has 0 radical (unpaired) electrons. The second kappa shape index (κ2) is 4.97. The van der Waals surface area contributed by atoms with Crippen molar-refractivity contribution >= 4 is 15.4 Å². The van der Waals surface area contributed by atoms with Crippen LogP contribution in [-0.4, -0.2) is 10.2 Å². The van der Waals surface area contributed by atoms with Crippen molar-refractivity contribution in [1.29, 1.82) is 0 Å². The molecule has 2 heteroatoms. The summed E-state index contributed by atoms with van der Waals surface area (Å²) in [5, 5.41) is 1.17. The van der Waals surface area contributed by atoms with Crippen molar-refractivity contribution in [2.75, 3.05) is 0 Å². The molecule has 0 saturated carbocycles. The van der Waals surface area contributed by atoms with E-state index in [0.29, 0.717) is 6.42 Å². The first kappa shape index (κ1) is 10.2. The highest BCUT2D eigenvalue weighted by Gasteiger charge is 2.09. The van der Waals surface area contributed by atoms with Crippen LogP contribution in [0.15, 0.2) is 36.9 Å². The van der Waals surface area contributed by atoms with Crippen molar-refractivity contribution in [2.45, 2.75) is 19.0 Å². The van der Waals surface area contributed by atoms with Crippen LogP contribution in [0.25, 0.3) is 0 Å². The van der Waals surface area contributed by atoms with Crippen LogP contribution in [0.1, 0.15) is 24.6 Å². The molecular weight excluding hydrogens is 179 g/mol. The van der Waals surface area contributed by atoms with E-state index >= 15 is 0 Å². The van der Waals surface area contributed by atoms with Crippen LogP contribution in [0.3, 0.4) is 0 Å². The average Bonchev–Trinajstić information content (AvgIpc) is 2.15. The molecule has 0 aromatic heterocycles. The molecule has 1 atom stereocenters. The van der Waals surface area contributed by atoms with E-state index in [2.05, 4.69) is 6.58 Å². The van der Waals surface area contributed by atoms with Crippen LogP contribution < -0.4 is 5.19 Å². The Hall–Kier alpha value is -0.893. The van der Waals surface area contributed by atoms with Crippen molar-refractivity contribution in [3.8, 4) is 0 Å². The van der Waals surface area contributed by atoms with Gasteiger partial charge in [0, 0.05) is 10.2 Å². The van der Waals surface area contributed by atoms with Gasteiger partial charge in [-0.05, 0) is 18.4 Å². The maximum atomic E-state index is 13.6. The minimum absolute atomic E-state index is 0.558. The van der Waals surface area contributed by atoms with E-state index in [-0.39, 0.29) is 0 Å². The van der Waals surface area contributed by atoms with Gasteiger partial charge in [-0.25, -0.2) is 4.39 Å². The maximum absolute atomic E-state index is 13.6. The van der Waals surface area contributed by atoms with Gasteiger partial charge in [-0.1, -0.05) is 35.5 Å². The highest BCUT2D eigenvalue weighted by atomic mass is 28.1. The molecule has 0 heterocycles. The van der Waals surface area contributed by atoms with Gasteiger partial charge in [0.25, 0.3) is 0 Å². The first-order chi connectivity index (χ1) is 6.25. The molecular formula is C11H15FSi. The van der Waals surface area contributed by atoms with E-state index < -0.39 is 6.17 Å². The molecule has 0 aliphatic rings. The first-order valence-corrected chi connectivity index (χ1v) is 5.56. The quantitative estimate of drug-likeness (QED) is 0.505. The Labute approximate surface area is 81.9 Å². The molecule has 0 nitrogen and oxygen atoms in total. The van der Waals surface area contributed by atoms with Gasteiger partial charge < -0.3 is 0 Å². The molecule has 1 rings (SSSR count). The summed E-state index contributed by atoms with van der Waals surface area (Å²) in [5.74, 6) is 0. The van der Waals surface area contributed by atoms with Crippen molar-refractivity contribution in [3.05, 3.63) is 42.5 Å². The minimum Gasteiger partial charge on any atom is -0.242 e. The average molecular weight is 194 g/mol. The second-order valence-corrected chi connectivity index (χ2v) is 4.27. The lowest BCUT2D eigenvalue weighted by Gasteiger charge is -2.09.